The lowest BCUT2D eigenvalue weighted by Gasteiger charge is -2.23. The first-order valence-electron chi connectivity index (χ1n) is 7.69. The highest BCUT2D eigenvalue weighted by Crippen LogP contribution is 2.29. The molecule has 5 heteroatoms. The van der Waals surface area contributed by atoms with Gasteiger partial charge < -0.3 is 10.4 Å². The zero-order valence-electron chi connectivity index (χ0n) is 12.6. The van der Waals surface area contributed by atoms with Crippen molar-refractivity contribution in [3.63, 3.8) is 0 Å². The second-order valence-electron chi connectivity index (χ2n) is 6.00. The maximum atomic E-state index is 11.7. The molecule has 1 aliphatic heterocycles. The fourth-order valence-corrected chi connectivity index (χ4v) is 4.97. The van der Waals surface area contributed by atoms with Gasteiger partial charge in [0.2, 0.25) is 0 Å². The van der Waals surface area contributed by atoms with Gasteiger partial charge in [-0.2, -0.15) is 0 Å². The lowest BCUT2D eigenvalue weighted by molar-refractivity contribution is 0.343. The van der Waals surface area contributed by atoms with E-state index in [0.29, 0.717) is 17.4 Å². The summed E-state index contributed by atoms with van der Waals surface area (Å²) in [5.41, 5.74) is 1.07. The van der Waals surface area contributed by atoms with Crippen molar-refractivity contribution in [2.24, 2.45) is 11.8 Å². The van der Waals surface area contributed by atoms with Crippen LogP contribution >= 0.6 is 0 Å². The van der Waals surface area contributed by atoms with Gasteiger partial charge in [-0.15, -0.1) is 0 Å². The van der Waals surface area contributed by atoms with Crippen molar-refractivity contribution in [3.8, 4) is 5.75 Å². The van der Waals surface area contributed by atoms with Gasteiger partial charge in [0.25, 0.3) is 0 Å². The van der Waals surface area contributed by atoms with Gasteiger partial charge >= 0.3 is 0 Å². The smallest absolute Gasteiger partial charge is 0.150 e. The summed E-state index contributed by atoms with van der Waals surface area (Å²) in [6.45, 7) is 3.91. The Kier molecular flexibility index (Phi) is 5.65. The number of rotatable bonds is 7. The predicted octanol–water partition coefficient (Wildman–Crippen LogP) is 1.99. The Labute approximate surface area is 127 Å². The molecular weight excluding hydrogens is 286 g/mol. The van der Waals surface area contributed by atoms with Crippen LogP contribution in [-0.2, 0) is 16.3 Å². The van der Waals surface area contributed by atoms with Crippen molar-refractivity contribution in [3.05, 3.63) is 29.8 Å². The average molecular weight is 311 g/mol. The van der Waals surface area contributed by atoms with Crippen LogP contribution in [0, 0.1) is 11.8 Å². The Morgan fingerprint density at radius 1 is 1.43 bits per heavy atom. The highest BCUT2D eigenvalue weighted by Gasteiger charge is 2.33. The zero-order chi connectivity index (χ0) is 15.3. The lowest BCUT2D eigenvalue weighted by atomic mass is 9.86. The molecule has 2 rings (SSSR count). The van der Waals surface area contributed by atoms with Gasteiger partial charge in [0.05, 0.1) is 11.5 Å². The third kappa shape index (κ3) is 5.00. The predicted molar refractivity (Wildman–Crippen MR) is 85.2 cm³/mol. The van der Waals surface area contributed by atoms with E-state index in [9.17, 15) is 13.5 Å². The summed E-state index contributed by atoms with van der Waals surface area (Å²) >= 11 is 0. The molecule has 2 unspecified atom stereocenters. The Morgan fingerprint density at radius 2 is 2.24 bits per heavy atom. The molecule has 0 bridgehead atoms. The number of benzene rings is 1. The minimum atomic E-state index is -2.85. The van der Waals surface area contributed by atoms with Crippen LogP contribution in [0.3, 0.4) is 0 Å². The van der Waals surface area contributed by atoms with Gasteiger partial charge in [-0.25, -0.2) is 8.42 Å². The average Bonchev–Trinajstić information content (AvgIpc) is 2.78. The summed E-state index contributed by atoms with van der Waals surface area (Å²) in [6.07, 6.45) is 2.65. The van der Waals surface area contributed by atoms with E-state index in [1.165, 1.54) is 0 Å². The summed E-state index contributed by atoms with van der Waals surface area (Å²) in [5, 5.41) is 13.0. The van der Waals surface area contributed by atoms with Crippen LogP contribution in [-0.4, -0.2) is 38.1 Å². The van der Waals surface area contributed by atoms with Gasteiger partial charge in [-0.1, -0.05) is 19.1 Å². The zero-order valence-corrected chi connectivity index (χ0v) is 13.4. The fourth-order valence-electron chi connectivity index (χ4n) is 3.05. The first kappa shape index (κ1) is 16.3. The summed E-state index contributed by atoms with van der Waals surface area (Å²) in [6, 6.07) is 7.27. The molecule has 21 heavy (non-hydrogen) atoms. The van der Waals surface area contributed by atoms with Crippen molar-refractivity contribution in [1.82, 2.24) is 5.32 Å². The molecule has 1 aromatic rings. The van der Waals surface area contributed by atoms with E-state index < -0.39 is 9.84 Å². The topological polar surface area (TPSA) is 66.4 Å². The highest BCUT2D eigenvalue weighted by molar-refractivity contribution is 7.91. The van der Waals surface area contributed by atoms with Gasteiger partial charge in [-0.3, -0.25) is 0 Å². The molecule has 0 aromatic heterocycles. The molecule has 4 nitrogen and oxygen atoms in total. The fraction of sp³-hybridized carbons (Fsp3) is 0.625. The van der Waals surface area contributed by atoms with Crippen LogP contribution in [0.4, 0.5) is 0 Å². The summed E-state index contributed by atoms with van der Waals surface area (Å²) in [7, 11) is -2.85. The second-order valence-corrected chi connectivity index (χ2v) is 8.23. The van der Waals surface area contributed by atoms with Crippen LogP contribution in [0.2, 0.25) is 0 Å². The Morgan fingerprint density at radius 3 is 2.86 bits per heavy atom. The van der Waals surface area contributed by atoms with E-state index in [0.717, 1.165) is 37.9 Å². The van der Waals surface area contributed by atoms with Gasteiger partial charge in [0.15, 0.2) is 9.84 Å². The molecule has 0 aliphatic carbocycles. The van der Waals surface area contributed by atoms with Gasteiger partial charge in [0, 0.05) is 0 Å². The minimum absolute atomic E-state index is 0.224. The molecule has 0 saturated carbocycles. The molecule has 1 saturated heterocycles. The van der Waals surface area contributed by atoms with E-state index in [-0.39, 0.29) is 11.7 Å². The standard InChI is InChI=1S/C16H25NO3S/c1-2-7-17-11-15(14-6-8-21(19,20)12-14)9-13-4-3-5-16(18)10-13/h3-5,10,14-15,17-18H,2,6-9,11-12H2,1H3. The number of phenols is 1. The third-order valence-electron chi connectivity index (χ3n) is 4.18. The third-order valence-corrected chi connectivity index (χ3v) is 5.97. The van der Waals surface area contributed by atoms with E-state index >= 15 is 0 Å². The number of phenolic OH excluding ortho intramolecular Hbond substituents is 1. The van der Waals surface area contributed by atoms with Crippen molar-refractivity contribution >= 4 is 9.84 Å². The Balaban J connectivity index is 2.05. The van der Waals surface area contributed by atoms with Crippen LogP contribution in [0.5, 0.6) is 5.75 Å². The molecule has 1 aromatic carbocycles. The second kappa shape index (κ2) is 7.27. The number of hydrogen-bond acceptors (Lipinski definition) is 4. The lowest BCUT2D eigenvalue weighted by Crippen LogP contribution is -2.31. The number of nitrogens with one attached hydrogen (secondary N) is 1. The quantitative estimate of drug-likeness (QED) is 0.756. The van der Waals surface area contributed by atoms with E-state index in [2.05, 4.69) is 12.2 Å². The van der Waals surface area contributed by atoms with Crippen molar-refractivity contribution < 1.29 is 13.5 Å². The molecule has 0 amide bonds. The maximum Gasteiger partial charge on any atom is 0.150 e. The molecule has 1 fully saturated rings. The largest absolute Gasteiger partial charge is 0.508 e. The van der Waals surface area contributed by atoms with Crippen molar-refractivity contribution in [2.75, 3.05) is 24.6 Å². The van der Waals surface area contributed by atoms with Crippen LogP contribution in [0.25, 0.3) is 0 Å². The summed E-state index contributed by atoms with van der Waals surface area (Å²) in [5.74, 6) is 1.43. The molecule has 2 atom stereocenters. The number of sulfone groups is 1. The van der Waals surface area contributed by atoms with Crippen LogP contribution in [0.1, 0.15) is 25.3 Å². The Bertz CT molecular complexity index is 556. The van der Waals surface area contributed by atoms with E-state index in [1.54, 1.807) is 12.1 Å². The summed E-state index contributed by atoms with van der Waals surface area (Å²) < 4.78 is 23.4. The van der Waals surface area contributed by atoms with Crippen LogP contribution < -0.4 is 5.32 Å². The van der Waals surface area contributed by atoms with Crippen LogP contribution in [0.15, 0.2) is 24.3 Å². The van der Waals surface area contributed by atoms with Gasteiger partial charge in [-0.05, 0) is 61.9 Å². The van der Waals surface area contributed by atoms with Gasteiger partial charge in [0.1, 0.15) is 5.75 Å². The first-order valence-corrected chi connectivity index (χ1v) is 9.51. The van der Waals surface area contributed by atoms with Crippen molar-refractivity contribution in [2.45, 2.75) is 26.2 Å². The molecule has 1 aliphatic rings. The first-order chi connectivity index (χ1) is 10.00. The molecule has 0 spiro atoms. The molecular formula is C16H25NO3S. The Hall–Kier alpha value is -1.07. The minimum Gasteiger partial charge on any atom is -0.508 e. The number of hydrogen-bond donors (Lipinski definition) is 2. The molecule has 0 radical (unpaired) electrons. The van der Waals surface area contributed by atoms with E-state index in [1.807, 2.05) is 12.1 Å². The number of aromatic hydroxyl groups is 1. The maximum absolute atomic E-state index is 11.7. The summed E-state index contributed by atoms with van der Waals surface area (Å²) in [4.78, 5) is 0. The SMILES string of the molecule is CCCNCC(Cc1cccc(O)c1)C1CCS(=O)(=O)C1. The molecule has 2 N–H and O–H groups in total. The molecule has 1 heterocycles. The highest BCUT2D eigenvalue weighted by atomic mass is 32.2. The van der Waals surface area contributed by atoms with Crippen molar-refractivity contribution in [1.29, 1.82) is 0 Å². The molecule has 118 valence electrons. The monoisotopic (exact) mass is 311 g/mol. The van der Waals surface area contributed by atoms with E-state index in [4.69, 9.17) is 0 Å². The normalized spacial score (nSPS) is 22.2.